The molecule has 16 heavy (non-hydrogen) atoms. The predicted molar refractivity (Wildman–Crippen MR) is 59.9 cm³/mol. The number of hydrogen-bond donors (Lipinski definition) is 0. The summed E-state index contributed by atoms with van der Waals surface area (Å²) in [5.74, 6) is 0.815. The Labute approximate surface area is 95.1 Å². The van der Waals surface area contributed by atoms with Gasteiger partial charge in [0.2, 0.25) is 5.89 Å². The van der Waals surface area contributed by atoms with E-state index in [0.717, 1.165) is 0 Å². The van der Waals surface area contributed by atoms with Crippen LogP contribution in [0.25, 0.3) is 0 Å². The lowest BCUT2D eigenvalue weighted by molar-refractivity contribution is -0.119. The number of hydrogen-bond acceptors (Lipinski definition) is 5. The molecule has 0 radical (unpaired) electrons. The lowest BCUT2D eigenvalue weighted by Gasteiger charge is -2.16. The predicted octanol–water partition coefficient (Wildman–Crippen LogP) is 1.30. The van der Waals surface area contributed by atoms with Crippen LogP contribution in [0.4, 0.5) is 0 Å². The number of carbonyl (C=O) groups is 1. The number of carbonyl (C=O) groups excluding carboxylic acids is 1. The molecule has 0 amide bonds. The zero-order chi connectivity index (χ0) is 12.3. The van der Waals surface area contributed by atoms with Crippen molar-refractivity contribution in [2.24, 2.45) is 0 Å². The van der Waals surface area contributed by atoms with Gasteiger partial charge in [-0.2, -0.15) is 4.98 Å². The van der Waals surface area contributed by atoms with Gasteiger partial charge in [0.25, 0.3) is 0 Å². The van der Waals surface area contributed by atoms with E-state index in [4.69, 9.17) is 4.52 Å². The lowest BCUT2D eigenvalue weighted by Crippen LogP contribution is -2.28. The van der Waals surface area contributed by atoms with E-state index in [0.29, 0.717) is 11.7 Å². The third kappa shape index (κ3) is 2.68. The Kier molecular flexibility index (Phi) is 3.47. The quantitative estimate of drug-likeness (QED) is 0.720. The van der Waals surface area contributed by atoms with E-state index in [2.05, 4.69) is 10.1 Å². The van der Waals surface area contributed by atoms with Gasteiger partial charge in [-0.25, -0.2) is 0 Å². The minimum Gasteiger partial charge on any atom is -0.383 e. The number of nitrogens with zero attached hydrogens (tertiary/aromatic N) is 3. The van der Waals surface area contributed by atoms with Gasteiger partial charge in [-0.3, -0.25) is 4.79 Å². The number of allylic oxidation sites excluding steroid dienone is 1. The van der Waals surface area contributed by atoms with Crippen LogP contribution in [0, 0.1) is 6.92 Å². The van der Waals surface area contributed by atoms with Crippen molar-refractivity contribution in [3.8, 4) is 0 Å². The van der Waals surface area contributed by atoms with Crippen LogP contribution in [-0.2, 0) is 10.2 Å². The van der Waals surface area contributed by atoms with Crippen molar-refractivity contribution >= 4 is 5.78 Å². The molecule has 5 nitrogen and oxygen atoms in total. The Hall–Kier alpha value is -1.65. The summed E-state index contributed by atoms with van der Waals surface area (Å²) in [5, 5.41) is 3.69. The molecule has 0 bridgehead atoms. The number of ketones is 1. The Morgan fingerprint density at radius 1 is 1.44 bits per heavy atom. The van der Waals surface area contributed by atoms with Crippen LogP contribution in [0.2, 0.25) is 0 Å². The summed E-state index contributed by atoms with van der Waals surface area (Å²) in [5.41, 5.74) is -0.784. The van der Waals surface area contributed by atoms with Crippen molar-refractivity contribution in [3.05, 3.63) is 24.0 Å². The van der Waals surface area contributed by atoms with Crippen LogP contribution in [0.15, 0.2) is 16.8 Å². The fraction of sp³-hybridized carbons (Fsp3) is 0.545. The van der Waals surface area contributed by atoms with Gasteiger partial charge in [-0.05, 0) is 26.8 Å². The molecule has 0 aliphatic rings. The van der Waals surface area contributed by atoms with Crippen molar-refractivity contribution < 1.29 is 9.32 Å². The fourth-order valence-electron chi connectivity index (χ4n) is 1.08. The standard InChI is InChI=1S/C11H17N3O2/c1-8-12-10(16-13-8)11(2,3)9(15)6-7-14(4)5/h6-7H,1-5H3/b7-6+. The second-order valence-corrected chi connectivity index (χ2v) is 4.42. The fourth-order valence-corrected chi connectivity index (χ4v) is 1.08. The Morgan fingerprint density at radius 3 is 2.50 bits per heavy atom. The molecule has 1 rings (SSSR count). The highest BCUT2D eigenvalue weighted by Crippen LogP contribution is 2.22. The highest BCUT2D eigenvalue weighted by molar-refractivity contribution is 5.97. The summed E-state index contributed by atoms with van der Waals surface area (Å²) in [6, 6.07) is 0. The first kappa shape index (κ1) is 12.4. The average molecular weight is 223 g/mol. The van der Waals surface area contributed by atoms with Gasteiger partial charge in [0.05, 0.1) is 0 Å². The van der Waals surface area contributed by atoms with Crippen molar-refractivity contribution in [1.29, 1.82) is 0 Å². The third-order valence-electron chi connectivity index (χ3n) is 2.20. The molecule has 5 heteroatoms. The number of aromatic nitrogens is 2. The SMILES string of the molecule is Cc1noc(C(C)(C)C(=O)/C=C/N(C)C)n1. The average Bonchev–Trinajstić information content (AvgIpc) is 2.61. The van der Waals surface area contributed by atoms with Crippen LogP contribution in [0.5, 0.6) is 0 Å². The molecule has 0 saturated carbocycles. The molecule has 0 aliphatic heterocycles. The van der Waals surface area contributed by atoms with E-state index in [9.17, 15) is 4.79 Å². The van der Waals surface area contributed by atoms with Crippen LogP contribution in [0.1, 0.15) is 25.6 Å². The van der Waals surface area contributed by atoms with Crippen LogP contribution >= 0.6 is 0 Å². The molecule has 0 atom stereocenters. The molecule has 1 aromatic rings. The number of aryl methyl sites for hydroxylation is 1. The van der Waals surface area contributed by atoms with Gasteiger partial charge < -0.3 is 9.42 Å². The monoisotopic (exact) mass is 223 g/mol. The van der Waals surface area contributed by atoms with Gasteiger partial charge in [0.15, 0.2) is 11.6 Å². The Bertz CT molecular complexity index is 405. The summed E-state index contributed by atoms with van der Waals surface area (Å²) in [7, 11) is 3.71. The minimum absolute atomic E-state index is 0.0650. The molecule has 0 N–H and O–H groups in total. The molecule has 0 unspecified atom stereocenters. The first-order valence-corrected chi connectivity index (χ1v) is 5.04. The first-order chi connectivity index (χ1) is 7.34. The maximum absolute atomic E-state index is 11.9. The highest BCUT2D eigenvalue weighted by Gasteiger charge is 2.33. The summed E-state index contributed by atoms with van der Waals surface area (Å²) < 4.78 is 5.03. The van der Waals surface area contributed by atoms with Crippen molar-refractivity contribution in [3.63, 3.8) is 0 Å². The molecule has 0 spiro atoms. The summed E-state index contributed by atoms with van der Waals surface area (Å²) >= 11 is 0. The molecular weight excluding hydrogens is 206 g/mol. The molecule has 0 aliphatic carbocycles. The summed E-state index contributed by atoms with van der Waals surface area (Å²) in [4.78, 5) is 17.8. The zero-order valence-corrected chi connectivity index (χ0v) is 10.3. The largest absolute Gasteiger partial charge is 0.383 e. The van der Waals surface area contributed by atoms with Gasteiger partial charge in [-0.1, -0.05) is 5.16 Å². The van der Waals surface area contributed by atoms with E-state index < -0.39 is 5.41 Å². The maximum atomic E-state index is 11.9. The normalized spacial score (nSPS) is 12.1. The van der Waals surface area contributed by atoms with Gasteiger partial charge in [-0.15, -0.1) is 0 Å². The third-order valence-corrected chi connectivity index (χ3v) is 2.20. The molecule has 1 aromatic heterocycles. The Morgan fingerprint density at radius 2 is 2.06 bits per heavy atom. The lowest BCUT2D eigenvalue weighted by atomic mass is 9.88. The summed E-state index contributed by atoms with van der Waals surface area (Å²) in [6.07, 6.45) is 3.22. The highest BCUT2D eigenvalue weighted by atomic mass is 16.5. The van der Waals surface area contributed by atoms with Crippen molar-refractivity contribution in [2.75, 3.05) is 14.1 Å². The van der Waals surface area contributed by atoms with Crippen molar-refractivity contribution in [1.82, 2.24) is 15.0 Å². The molecule has 0 aromatic carbocycles. The second-order valence-electron chi connectivity index (χ2n) is 4.42. The molecule has 0 saturated heterocycles. The van der Waals surface area contributed by atoms with E-state index in [1.807, 2.05) is 14.1 Å². The topological polar surface area (TPSA) is 59.2 Å². The molecule has 0 fully saturated rings. The Balaban J connectivity index is 2.89. The maximum Gasteiger partial charge on any atom is 0.240 e. The van der Waals surface area contributed by atoms with E-state index in [1.54, 1.807) is 31.9 Å². The van der Waals surface area contributed by atoms with Crippen LogP contribution < -0.4 is 0 Å². The van der Waals surface area contributed by atoms with E-state index in [-0.39, 0.29) is 5.78 Å². The minimum atomic E-state index is -0.784. The van der Waals surface area contributed by atoms with Crippen LogP contribution in [0.3, 0.4) is 0 Å². The van der Waals surface area contributed by atoms with Gasteiger partial charge in [0, 0.05) is 20.3 Å². The van der Waals surface area contributed by atoms with E-state index >= 15 is 0 Å². The van der Waals surface area contributed by atoms with Crippen LogP contribution in [-0.4, -0.2) is 34.9 Å². The molecular formula is C11H17N3O2. The van der Waals surface area contributed by atoms with Crippen molar-refractivity contribution in [2.45, 2.75) is 26.2 Å². The summed E-state index contributed by atoms with van der Waals surface area (Å²) in [6.45, 7) is 5.26. The number of rotatable bonds is 4. The second kappa shape index (κ2) is 4.47. The van der Waals surface area contributed by atoms with Gasteiger partial charge in [0.1, 0.15) is 5.41 Å². The smallest absolute Gasteiger partial charge is 0.240 e. The molecule has 88 valence electrons. The van der Waals surface area contributed by atoms with Gasteiger partial charge >= 0.3 is 0 Å². The van der Waals surface area contributed by atoms with E-state index in [1.165, 1.54) is 6.08 Å². The first-order valence-electron chi connectivity index (χ1n) is 5.04. The zero-order valence-electron chi connectivity index (χ0n) is 10.3. The molecule has 1 heterocycles.